The number of benzene rings is 3. The van der Waals surface area contributed by atoms with Gasteiger partial charge in [-0.15, -0.1) is 0 Å². The number of alkyl halides is 3. The number of nitrogens with one attached hydrogen (secondary N) is 1. The van der Waals surface area contributed by atoms with E-state index in [-0.39, 0.29) is 10.6 Å². The van der Waals surface area contributed by atoms with E-state index in [4.69, 9.17) is 9.88 Å². The van der Waals surface area contributed by atoms with Crippen molar-refractivity contribution in [3.63, 3.8) is 0 Å². The van der Waals surface area contributed by atoms with E-state index in [9.17, 15) is 35.2 Å². The van der Waals surface area contributed by atoms with E-state index in [1.54, 1.807) is 0 Å². The first-order chi connectivity index (χ1) is 14.8. The third kappa shape index (κ3) is 5.39. The van der Waals surface area contributed by atoms with Crippen LogP contribution in [0, 0.1) is 11.6 Å². The Labute approximate surface area is 178 Å². The van der Waals surface area contributed by atoms with Gasteiger partial charge < -0.3 is 10.1 Å². The van der Waals surface area contributed by atoms with Crippen molar-refractivity contribution in [3.05, 3.63) is 83.4 Å². The zero-order chi connectivity index (χ0) is 23.7. The van der Waals surface area contributed by atoms with Gasteiger partial charge in [0.05, 0.1) is 16.0 Å². The Kier molecular flexibility index (Phi) is 6.19. The first kappa shape index (κ1) is 23.2. The lowest BCUT2D eigenvalue weighted by molar-refractivity contribution is -0.137. The molecule has 0 aliphatic heterocycles. The average Bonchev–Trinajstić information content (AvgIpc) is 2.69. The van der Waals surface area contributed by atoms with Crippen molar-refractivity contribution >= 4 is 21.6 Å². The number of carbonyl (C=O) groups is 1. The summed E-state index contributed by atoms with van der Waals surface area (Å²) in [6.07, 6.45) is -4.79. The van der Waals surface area contributed by atoms with Crippen molar-refractivity contribution in [2.45, 2.75) is 11.1 Å². The molecular weight excluding hydrogens is 459 g/mol. The predicted octanol–water partition coefficient (Wildman–Crippen LogP) is 4.68. The molecule has 0 radical (unpaired) electrons. The van der Waals surface area contributed by atoms with Crippen LogP contribution >= 0.6 is 0 Å². The van der Waals surface area contributed by atoms with Gasteiger partial charge in [0.15, 0.2) is 11.6 Å². The summed E-state index contributed by atoms with van der Waals surface area (Å²) >= 11 is 0. The van der Waals surface area contributed by atoms with Gasteiger partial charge in [-0.1, -0.05) is 6.07 Å². The summed E-state index contributed by atoms with van der Waals surface area (Å²) in [5, 5.41) is 7.34. The van der Waals surface area contributed by atoms with Crippen LogP contribution in [0.2, 0.25) is 0 Å². The molecule has 0 aromatic heterocycles. The second-order valence-corrected chi connectivity index (χ2v) is 7.97. The molecule has 3 aromatic carbocycles. The van der Waals surface area contributed by atoms with Crippen LogP contribution in [-0.4, -0.2) is 14.3 Å². The van der Waals surface area contributed by atoms with Gasteiger partial charge in [-0.25, -0.2) is 22.3 Å². The second kappa shape index (κ2) is 8.55. The van der Waals surface area contributed by atoms with E-state index in [0.29, 0.717) is 18.2 Å². The number of ether oxygens (including phenoxy) is 1. The van der Waals surface area contributed by atoms with E-state index in [1.165, 1.54) is 18.2 Å². The molecule has 0 bridgehead atoms. The van der Waals surface area contributed by atoms with Crippen molar-refractivity contribution in [2.24, 2.45) is 5.14 Å². The maximum atomic E-state index is 13.9. The summed E-state index contributed by atoms with van der Waals surface area (Å²) < 4.78 is 94.5. The monoisotopic (exact) mass is 472 g/mol. The third-order valence-electron chi connectivity index (χ3n) is 4.09. The van der Waals surface area contributed by atoms with Crippen molar-refractivity contribution in [1.82, 2.24) is 0 Å². The molecule has 0 heterocycles. The topological polar surface area (TPSA) is 98.5 Å². The number of carbonyl (C=O) groups excluding carboxylic acids is 1. The Balaban J connectivity index is 2.00. The summed E-state index contributed by atoms with van der Waals surface area (Å²) in [6, 6.07) is 8.85. The summed E-state index contributed by atoms with van der Waals surface area (Å²) in [7, 11) is -4.08. The number of halogens is 5. The van der Waals surface area contributed by atoms with Crippen LogP contribution in [0.1, 0.15) is 15.9 Å². The Morgan fingerprint density at radius 2 is 1.66 bits per heavy atom. The molecule has 1 amide bonds. The van der Waals surface area contributed by atoms with Gasteiger partial charge in [0.25, 0.3) is 5.91 Å². The quantitative estimate of drug-likeness (QED) is 0.527. The minimum absolute atomic E-state index is 0.0275. The van der Waals surface area contributed by atoms with Gasteiger partial charge in [0.1, 0.15) is 11.6 Å². The normalized spacial score (nSPS) is 11.8. The van der Waals surface area contributed by atoms with Gasteiger partial charge >= 0.3 is 6.18 Å². The molecule has 12 heteroatoms. The minimum atomic E-state index is -4.79. The third-order valence-corrected chi connectivity index (χ3v) is 5.00. The van der Waals surface area contributed by atoms with Gasteiger partial charge in [0, 0.05) is 11.8 Å². The molecule has 3 N–H and O–H groups in total. The number of primary sulfonamides is 1. The smallest absolute Gasteiger partial charge is 0.416 e. The molecule has 0 saturated carbocycles. The lowest BCUT2D eigenvalue weighted by Crippen LogP contribution is -2.16. The van der Waals surface area contributed by atoms with E-state index in [1.807, 2.05) is 0 Å². The molecular formula is C20H13F5N2O4S. The van der Waals surface area contributed by atoms with Crippen molar-refractivity contribution in [1.29, 1.82) is 0 Å². The highest BCUT2D eigenvalue weighted by Gasteiger charge is 2.32. The molecule has 32 heavy (non-hydrogen) atoms. The number of rotatable bonds is 5. The first-order valence-corrected chi connectivity index (χ1v) is 10.2. The van der Waals surface area contributed by atoms with Gasteiger partial charge in [-0.05, 0) is 48.5 Å². The highest BCUT2D eigenvalue weighted by Crippen LogP contribution is 2.36. The van der Waals surface area contributed by atoms with E-state index in [0.717, 1.165) is 24.3 Å². The Morgan fingerprint density at radius 1 is 0.938 bits per heavy atom. The molecule has 0 fully saturated rings. The largest absolute Gasteiger partial charge is 0.453 e. The maximum absolute atomic E-state index is 13.9. The predicted molar refractivity (Wildman–Crippen MR) is 104 cm³/mol. The number of nitrogens with two attached hydrogens (primary N) is 1. The lowest BCUT2D eigenvalue weighted by Gasteiger charge is -2.15. The Hall–Kier alpha value is -3.51. The fourth-order valence-electron chi connectivity index (χ4n) is 2.60. The summed E-state index contributed by atoms with van der Waals surface area (Å²) in [5.41, 5.74) is -1.63. The van der Waals surface area contributed by atoms with E-state index in [2.05, 4.69) is 5.32 Å². The fraction of sp³-hybridized carbons (Fsp3) is 0.0500. The molecule has 0 atom stereocenters. The molecule has 0 aliphatic carbocycles. The van der Waals surface area contributed by atoms with E-state index >= 15 is 0 Å². The summed E-state index contributed by atoms with van der Waals surface area (Å²) in [6.45, 7) is 0. The SMILES string of the molecule is NS(=O)(=O)c1cccc(NC(=O)c2ccc(C(F)(F)F)cc2Oc2ccc(F)cc2F)c1. The van der Waals surface area contributed by atoms with Gasteiger partial charge in [-0.2, -0.15) is 13.2 Å². The Bertz CT molecular complexity index is 1290. The number of sulfonamides is 1. The van der Waals surface area contributed by atoms with Crippen LogP contribution in [0.15, 0.2) is 65.6 Å². The van der Waals surface area contributed by atoms with Crippen molar-refractivity contribution < 1.29 is 39.9 Å². The van der Waals surface area contributed by atoms with Crippen LogP contribution in [0.25, 0.3) is 0 Å². The number of hydrogen-bond donors (Lipinski definition) is 2. The highest BCUT2D eigenvalue weighted by molar-refractivity contribution is 7.89. The van der Waals surface area contributed by atoms with Crippen LogP contribution in [0.5, 0.6) is 11.5 Å². The van der Waals surface area contributed by atoms with Gasteiger partial charge in [0.2, 0.25) is 10.0 Å². The summed E-state index contributed by atoms with van der Waals surface area (Å²) in [4.78, 5) is 12.4. The summed E-state index contributed by atoms with van der Waals surface area (Å²) in [5.74, 6) is -4.40. The fourth-order valence-corrected chi connectivity index (χ4v) is 3.16. The van der Waals surface area contributed by atoms with Crippen LogP contribution in [-0.2, 0) is 16.2 Å². The van der Waals surface area contributed by atoms with Crippen molar-refractivity contribution in [2.75, 3.05) is 5.32 Å². The highest BCUT2D eigenvalue weighted by atomic mass is 32.2. The number of amides is 1. The van der Waals surface area contributed by atoms with Crippen LogP contribution in [0.4, 0.5) is 27.6 Å². The average molecular weight is 472 g/mol. The van der Waals surface area contributed by atoms with Crippen LogP contribution in [0.3, 0.4) is 0 Å². The Morgan fingerprint density at radius 3 is 2.28 bits per heavy atom. The van der Waals surface area contributed by atoms with Crippen LogP contribution < -0.4 is 15.2 Å². The first-order valence-electron chi connectivity index (χ1n) is 8.63. The minimum Gasteiger partial charge on any atom is -0.453 e. The lowest BCUT2D eigenvalue weighted by atomic mass is 10.1. The molecule has 0 aliphatic rings. The molecule has 0 unspecified atom stereocenters. The molecule has 6 nitrogen and oxygen atoms in total. The number of hydrogen-bond acceptors (Lipinski definition) is 4. The zero-order valence-electron chi connectivity index (χ0n) is 15.8. The standard InChI is InChI=1S/C20H13F5N2O4S/c21-12-5-7-17(16(22)9-12)31-18-8-11(20(23,24)25)4-6-15(18)19(28)27-13-2-1-3-14(10-13)32(26,29)30/h1-10H,(H,27,28)(H2,26,29,30). The molecule has 168 valence electrons. The number of anilines is 1. The van der Waals surface area contributed by atoms with E-state index < -0.39 is 56.4 Å². The molecule has 0 saturated heterocycles. The molecule has 0 spiro atoms. The van der Waals surface area contributed by atoms with Crippen molar-refractivity contribution in [3.8, 4) is 11.5 Å². The molecule has 3 rings (SSSR count). The second-order valence-electron chi connectivity index (χ2n) is 6.41. The zero-order valence-corrected chi connectivity index (χ0v) is 16.6. The van der Waals surface area contributed by atoms with Gasteiger partial charge in [-0.3, -0.25) is 4.79 Å². The molecule has 3 aromatic rings. The maximum Gasteiger partial charge on any atom is 0.416 e.